The number of aromatic nitrogens is 1. The van der Waals surface area contributed by atoms with Gasteiger partial charge in [-0.25, -0.2) is 0 Å². The van der Waals surface area contributed by atoms with Crippen molar-refractivity contribution in [3.8, 4) is 6.07 Å². The molecular weight excluding hydrogens is 182 g/mol. The van der Waals surface area contributed by atoms with Crippen LogP contribution in [-0.4, -0.2) is 10.5 Å². The summed E-state index contributed by atoms with van der Waals surface area (Å²) in [7, 11) is 0. The summed E-state index contributed by atoms with van der Waals surface area (Å²) in [5.74, 6) is -0.473. The van der Waals surface area contributed by atoms with Gasteiger partial charge in [0.05, 0.1) is 0 Å². The molecule has 0 saturated carbocycles. The van der Waals surface area contributed by atoms with Crippen molar-refractivity contribution in [1.82, 2.24) is 4.57 Å². The Morgan fingerprint density at radius 3 is 2.93 bits per heavy atom. The van der Waals surface area contributed by atoms with Gasteiger partial charge in [0.1, 0.15) is 11.6 Å². The van der Waals surface area contributed by atoms with Crippen LogP contribution in [0.4, 0.5) is 0 Å². The number of carbonyl (C=O) groups is 1. The Labute approximate surface area is 80.4 Å². The van der Waals surface area contributed by atoms with Crippen LogP contribution in [-0.2, 0) is 11.3 Å². The van der Waals surface area contributed by atoms with Crippen LogP contribution in [0.2, 0.25) is 0 Å². The van der Waals surface area contributed by atoms with Crippen molar-refractivity contribution in [3.05, 3.63) is 34.2 Å². The van der Waals surface area contributed by atoms with Gasteiger partial charge < -0.3 is 10.3 Å². The summed E-state index contributed by atoms with van der Waals surface area (Å²) in [5.41, 5.74) is 4.62. The third-order valence-corrected chi connectivity index (χ3v) is 1.74. The first-order valence-electron chi connectivity index (χ1n) is 4.03. The molecule has 0 radical (unpaired) electrons. The number of nitrogens with two attached hydrogens (primary N) is 1. The maximum absolute atomic E-state index is 11.4. The van der Waals surface area contributed by atoms with Crippen LogP contribution in [0.5, 0.6) is 0 Å². The van der Waals surface area contributed by atoms with E-state index in [4.69, 9.17) is 11.0 Å². The molecule has 0 spiro atoms. The number of aryl methyl sites for hydroxylation is 1. The topological polar surface area (TPSA) is 88.9 Å². The summed E-state index contributed by atoms with van der Waals surface area (Å²) in [6, 6.07) is 4.79. The predicted octanol–water partition coefficient (Wildman–Crippen LogP) is -0.405. The molecule has 0 aliphatic heterocycles. The molecule has 0 fully saturated rings. The number of hydrogen-bond acceptors (Lipinski definition) is 3. The fourth-order valence-electron chi connectivity index (χ4n) is 1.03. The molecule has 1 rings (SSSR count). The maximum atomic E-state index is 11.4. The van der Waals surface area contributed by atoms with Gasteiger partial charge in [-0.2, -0.15) is 5.26 Å². The number of amides is 1. The van der Waals surface area contributed by atoms with E-state index >= 15 is 0 Å². The molecule has 0 aromatic carbocycles. The molecule has 1 aromatic heterocycles. The van der Waals surface area contributed by atoms with Crippen LogP contribution in [0.25, 0.3) is 0 Å². The van der Waals surface area contributed by atoms with Crippen molar-refractivity contribution in [3.63, 3.8) is 0 Å². The van der Waals surface area contributed by atoms with Gasteiger partial charge in [0.25, 0.3) is 5.56 Å². The first-order valence-corrected chi connectivity index (χ1v) is 4.03. The smallest absolute Gasteiger partial charge is 0.268 e. The van der Waals surface area contributed by atoms with Gasteiger partial charge in [0.2, 0.25) is 5.91 Å². The maximum Gasteiger partial charge on any atom is 0.268 e. The number of carbonyl (C=O) groups excluding carboxylic acids is 1. The lowest BCUT2D eigenvalue weighted by molar-refractivity contribution is -0.118. The summed E-state index contributed by atoms with van der Waals surface area (Å²) in [6.45, 7) is 0.212. The number of nitriles is 1. The molecule has 0 unspecified atom stereocenters. The van der Waals surface area contributed by atoms with Gasteiger partial charge in [-0.05, 0) is 12.1 Å². The van der Waals surface area contributed by atoms with E-state index in [0.717, 1.165) is 0 Å². The second kappa shape index (κ2) is 4.23. The fourth-order valence-corrected chi connectivity index (χ4v) is 1.03. The van der Waals surface area contributed by atoms with Crippen molar-refractivity contribution in [2.45, 2.75) is 13.0 Å². The van der Waals surface area contributed by atoms with E-state index < -0.39 is 11.5 Å². The minimum Gasteiger partial charge on any atom is -0.370 e. The van der Waals surface area contributed by atoms with E-state index in [1.807, 2.05) is 0 Å². The zero-order chi connectivity index (χ0) is 10.6. The lowest BCUT2D eigenvalue weighted by Crippen LogP contribution is -2.24. The zero-order valence-corrected chi connectivity index (χ0v) is 7.43. The van der Waals surface area contributed by atoms with Crippen LogP contribution < -0.4 is 11.3 Å². The average Bonchev–Trinajstić information content (AvgIpc) is 2.16. The van der Waals surface area contributed by atoms with E-state index in [1.165, 1.54) is 16.8 Å². The highest BCUT2D eigenvalue weighted by Crippen LogP contribution is 1.91. The summed E-state index contributed by atoms with van der Waals surface area (Å²) < 4.78 is 1.29. The second-order valence-electron chi connectivity index (χ2n) is 2.75. The van der Waals surface area contributed by atoms with Crippen LogP contribution in [0, 0.1) is 11.3 Å². The van der Waals surface area contributed by atoms with E-state index in [0.29, 0.717) is 0 Å². The molecule has 72 valence electrons. The Hall–Kier alpha value is -2.09. The Bertz CT molecular complexity index is 442. The number of primary amides is 1. The van der Waals surface area contributed by atoms with E-state index in [2.05, 4.69) is 0 Å². The molecule has 0 aliphatic rings. The molecule has 0 saturated heterocycles. The number of hydrogen-bond donors (Lipinski definition) is 1. The molecule has 14 heavy (non-hydrogen) atoms. The molecule has 0 atom stereocenters. The van der Waals surface area contributed by atoms with Gasteiger partial charge in [-0.3, -0.25) is 9.59 Å². The SMILES string of the molecule is N#Cc1cccn(CCC(N)=O)c1=O. The quantitative estimate of drug-likeness (QED) is 0.704. The summed E-state index contributed by atoms with van der Waals surface area (Å²) in [4.78, 5) is 21.9. The first kappa shape index (κ1) is 9.99. The van der Waals surface area contributed by atoms with Crippen molar-refractivity contribution in [1.29, 1.82) is 5.26 Å². The largest absolute Gasteiger partial charge is 0.370 e. The third-order valence-electron chi connectivity index (χ3n) is 1.74. The number of nitrogens with zero attached hydrogens (tertiary/aromatic N) is 2. The summed E-state index contributed by atoms with van der Waals surface area (Å²) >= 11 is 0. The second-order valence-corrected chi connectivity index (χ2v) is 2.75. The van der Waals surface area contributed by atoms with Gasteiger partial charge in [-0.15, -0.1) is 0 Å². The molecule has 0 aliphatic carbocycles. The Morgan fingerprint density at radius 2 is 2.36 bits per heavy atom. The van der Waals surface area contributed by atoms with Gasteiger partial charge >= 0.3 is 0 Å². The standard InChI is InChI=1S/C9H9N3O2/c10-6-7-2-1-4-12(9(7)14)5-3-8(11)13/h1-2,4H,3,5H2,(H2,11,13). The highest BCUT2D eigenvalue weighted by molar-refractivity contribution is 5.73. The first-order chi connectivity index (χ1) is 6.65. The molecule has 5 nitrogen and oxygen atoms in total. The highest BCUT2D eigenvalue weighted by Gasteiger charge is 2.02. The highest BCUT2D eigenvalue weighted by atomic mass is 16.1. The monoisotopic (exact) mass is 191 g/mol. The summed E-state index contributed by atoms with van der Waals surface area (Å²) in [5, 5.41) is 8.57. The van der Waals surface area contributed by atoms with Crippen LogP contribution >= 0.6 is 0 Å². The van der Waals surface area contributed by atoms with Crippen LogP contribution in [0.15, 0.2) is 23.1 Å². The van der Waals surface area contributed by atoms with Crippen molar-refractivity contribution in [2.75, 3.05) is 0 Å². The lowest BCUT2D eigenvalue weighted by Gasteiger charge is -2.02. The number of pyridine rings is 1. The van der Waals surface area contributed by atoms with Crippen LogP contribution in [0.1, 0.15) is 12.0 Å². The molecule has 1 heterocycles. The van der Waals surface area contributed by atoms with E-state index in [1.54, 1.807) is 12.1 Å². The Kier molecular flexibility index (Phi) is 3.02. The van der Waals surface area contributed by atoms with Crippen LogP contribution in [0.3, 0.4) is 0 Å². The number of rotatable bonds is 3. The minimum atomic E-state index is -0.473. The fraction of sp³-hybridized carbons (Fsp3) is 0.222. The normalized spacial score (nSPS) is 9.36. The van der Waals surface area contributed by atoms with Crippen molar-refractivity contribution in [2.24, 2.45) is 5.73 Å². The van der Waals surface area contributed by atoms with Gasteiger partial charge in [0.15, 0.2) is 0 Å². The summed E-state index contributed by atoms with van der Waals surface area (Å²) in [6.07, 6.45) is 1.61. The minimum absolute atomic E-state index is 0.0666. The molecule has 5 heteroatoms. The van der Waals surface area contributed by atoms with Gasteiger partial charge in [-0.1, -0.05) is 0 Å². The van der Waals surface area contributed by atoms with Crippen molar-refractivity contribution < 1.29 is 4.79 Å². The Morgan fingerprint density at radius 1 is 1.64 bits per heavy atom. The van der Waals surface area contributed by atoms with E-state index in [9.17, 15) is 9.59 Å². The molecule has 0 bridgehead atoms. The van der Waals surface area contributed by atoms with E-state index in [-0.39, 0.29) is 18.5 Å². The average molecular weight is 191 g/mol. The molecule has 1 aromatic rings. The van der Waals surface area contributed by atoms with Crippen molar-refractivity contribution >= 4 is 5.91 Å². The Balaban J connectivity index is 2.94. The molecule has 2 N–H and O–H groups in total. The molecular formula is C9H9N3O2. The zero-order valence-electron chi connectivity index (χ0n) is 7.43. The molecule has 1 amide bonds. The lowest BCUT2D eigenvalue weighted by atomic mass is 10.3. The predicted molar refractivity (Wildman–Crippen MR) is 49.2 cm³/mol. The van der Waals surface area contributed by atoms with Gasteiger partial charge in [0, 0.05) is 19.2 Å². The third kappa shape index (κ3) is 2.20.